The van der Waals surface area contributed by atoms with Gasteiger partial charge in [-0.2, -0.15) is 4.31 Å². The van der Waals surface area contributed by atoms with Crippen LogP contribution in [0.15, 0.2) is 23.1 Å². The van der Waals surface area contributed by atoms with E-state index in [1.54, 1.807) is 19.1 Å². The van der Waals surface area contributed by atoms with E-state index in [4.69, 9.17) is 9.47 Å². The monoisotopic (exact) mass is 341 g/mol. The largest absolute Gasteiger partial charge is 0.486 e. The molecule has 23 heavy (non-hydrogen) atoms. The van der Waals surface area contributed by atoms with Gasteiger partial charge in [0.2, 0.25) is 10.0 Å². The number of benzene rings is 1. The van der Waals surface area contributed by atoms with Crippen LogP contribution >= 0.6 is 0 Å². The predicted molar refractivity (Wildman–Crippen MR) is 81.1 cm³/mol. The van der Waals surface area contributed by atoms with Crippen LogP contribution in [0, 0.1) is 5.92 Å². The molecule has 0 saturated carbocycles. The smallest absolute Gasteiger partial charge is 0.307 e. The fourth-order valence-electron chi connectivity index (χ4n) is 2.99. The Morgan fingerprint density at radius 2 is 2.00 bits per heavy atom. The number of hydrogen-bond acceptors (Lipinski definition) is 5. The van der Waals surface area contributed by atoms with Gasteiger partial charge in [0.05, 0.1) is 5.92 Å². The number of carboxylic acid groups (broad SMARTS) is 1. The van der Waals surface area contributed by atoms with Gasteiger partial charge in [-0.15, -0.1) is 0 Å². The Kier molecular flexibility index (Phi) is 4.20. The number of sulfonamides is 1. The average molecular weight is 341 g/mol. The summed E-state index contributed by atoms with van der Waals surface area (Å²) in [5, 5.41) is 9.20. The first kappa shape index (κ1) is 16.1. The zero-order valence-electron chi connectivity index (χ0n) is 12.8. The summed E-state index contributed by atoms with van der Waals surface area (Å²) in [7, 11) is -3.85. The third kappa shape index (κ3) is 2.88. The molecule has 8 heteroatoms. The molecule has 1 aromatic rings. The van der Waals surface area contributed by atoms with Crippen LogP contribution in [0.2, 0.25) is 0 Å². The second-order valence-electron chi connectivity index (χ2n) is 5.82. The quantitative estimate of drug-likeness (QED) is 0.891. The highest BCUT2D eigenvalue weighted by atomic mass is 32.2. The summed E-state index contributed by atoms with van der Waals surface area (Å²) >= 11 is 0. The van der Waals surface area contributed by atoms with Crippen molar-refractivity contribution in [3.05, 3.63) is 18.2 Å². The highest BCUT2D eigenvalue weighted by Crippen LogP contribution is 2.39. The lowest BCUT2D eigenvalue weighted by molar-refractivity contribution is -0.143. The molecule has 0 aliphatic carbocycles. The first-order valence-corrected chi connectivity index (χ1v) is 8.98. The molecule has 2 aliphatic heterocycles. The van der Waals surface area contributed by atoms with Gasteiger partial charge in [-0.25, -0.2) is 8.42 Å². The molecule has 1 saturated heterocycles. The Morgan fingerprint density at radius 1 is 1.26 bits per heavy atom. The zero-order valence-corrected chi connectivity index (χ0v) is 13.6. The van der Waals surface area contributed by atoms with E-state index in [9.17, 15) is 18.3 Å². The maximum absolute atomic E-state index is 13.0. The van der Waals surface area contributed by atoms with Crippen LogP contribution in [0.3, 0.4) is 0 Å². The molecule has 0 spiro atoms. The van der Waals surface area contributed by atoms with Crippen LogP contribution in [0.1, 0.15) is 19.8 Å². The number of fused-ring (bicyclic) bond motifs is 1. The number of para-hydroxylation sites is 1. The van der Waals surface area contributed by atoms with E-state index in [1.165, 1.54) is 10.4 Å². The Labute approximate surface area is 134 Å². The molecular weight excluding hydrogens is 322 g/mol. The Bertz CT molecular complexity index is 717. The van der Waals surface area contributed by atoms with Crippen LogP contribution in [-0.4, -0.2) is 49.6 Å². The van der Waals surface area contributed by atoms with Gasteiger partial charge in [0.15, 0.2) is 11.5 Å². The third-order valence-electron chi connectivity index (χ3n) is 4.29. The number of aliphatic carboxylic acids is 1. The van der Waals surface area contributed by atoms with Crippen molar-refractivity contribution in [1.82, 2.24) is 4.31 Å². The maximum atomic E-state index is 13.0. The lowest BCUT2D eigenvalue weighted by Gasteiger charge is -2.36. The Hall–Kier alpha value is -1.80. The highest BCUT2D eigenvalue weighted by molar-refractivity contribution is 7.89. The molecule has 2 unspecified atom stereocenters. The van der Waals surface area contributed by atoms with Crippen LogP contribution in [0.25, 0.3) is 0 Å². The molecule has 0 radical (unpaired) electrons. The Balaban J connectivity index is 1.99. The number of piperidine rings is 1. The summed E-state index contributed by atoms with van der Waals surface area (Å²) in [6.07, 6.45) is 0.998. The molecule has 126 valence electrons. The second-order valence-corrected chi connectivity index (χ2v) is 7.68. The lowest BCUT2D eigenvalue weighted by atomic mass is 9.96. The molecule has 7 nitrogen and oxygen atoms in total. The zero-order chi connectivity index (χ0) is 16.6. The fourth-order valence-corrected chi connectivity index (χ4v) is 4.84. The average Bonchev–Trinajstić information content (AvgIpc) is 2.54. The molecule has 0 aromatic heterocycles. The molecule has 2 atom stereocenters. The summed E-state index contributed by atoms with van der Waals surface area (Å²) in [5.41, 5.74) is 0. The second kappa shape index (κ2) is 6.01. The van der Waals surface area contributed by atoms with Gasteiger partial charge in [0.1, 0.15) is 18.1 Å². The summed E-state index contributed by atoms with van der Waals surface area (Å²) in [6, 6.07) is 4.48. The van der Waals surface area contributed by atoms with Crippen LogP contribution < -0.4 is 9.47 Å². The minimum absolute atomic E-state index is 0.0244. The third-order valence-corrected chi connectivity index (χ3v) is 6.29. The molecule has 2 heterocycles. The summed E-state index contributed by atoms with van der Waals surface area (Å²) in [4.78, 5) is 11.3. The summed E-state index contributed by atoms with van der Waals surface area (Å²) in [6.45, 7) is 2.43. The van der Waals surface area contributed by atoms with Gasteiger partial charge in [-0.1, -0.05) is 6.07 Å². The van der Waals surface area contributed by atoms with Gasteiger partial charge in [-0.05, 0) is 31.9 Å². The van der Waals surface area contributed by atoms with Gasteiger partial charge >= 0.3 is 5.97 Å². The van der Waals surface area contributed by atoms with E-state index in [0.29, 0.717) is 25.2 Å². The van der Waals surface area contributed by atoms with Gasteiger partial charge in [0, 0.05) is 12.6 Å². The van der Waals surface area contributed by atoms with Crippen LogP contribution in [-0.2, 0) is 14.8 Å². The van der Waals surface area contributed by atoms with Crippen molar-refractivity contribution in [3.63, 3.8) is 0 Å². The summed E-state index contributed by atoms with van der Waals surface area (Å²) < 4.78 is 38.3. The molecule has 1 N–H and O–H groups in total. The van der Waals surface area contributed by atoms with Crippen molar-refractivity contribution < 1.29 is 27.8 Å². The number of carbonyl (C=O) groups is 1. The van der Waals surface area contributed by atoms with Crippen LogP contribution in [0.4, 0.5) is 0 Å². The van der Waals surface area contributed by atoms with Gasteiger partial charge < -0.3 is 14.6 Å². The molecular formula is C15H19NO6S. The first-order chi connectivity index (χ1) is 10.9. The SMILES string of the molecule is CC1CCC(C(=O)O)CN1S(=O)(=O)c1cccc2c1OCCO2. The van der Waals surface area contributed by atoms with E-state index in [1.807, 2.05) is 0 Å². The molecule has 2 aliphatic rings. The van der Waals surface area contributed by atoms with E-state index in [-0.39, 0.29) is 29.8 Å². The first-order valence-electron chi connectivity index (χ1n) is 7.54. The number of ether oxygens (including phenoxy) is 2. The minimum Gasteiger partial charge on any atom is -0.486 e. The van der Waals surface area contributed by atoms with E-state index < -0.39 is 21.9 Å². The molecule has 0 amide bonds. The number of hydrogen-bond donors (Lipinski definition) is 1. The predicted octanol–water partition coefficient (Wildman–Crippen LogP) is 1.33. The lowest BCUT2D eigenvalue weighted by Crippen LogP contribution is -2.47. The van der Waals surface area contributed by atoms with Gasteiger partial charge in [0.25, 0.3) is 0 Å². The van der Waals surface area contributed by atoms with E-state index >= 15 is 0 Å². The Morgan fingerprint density at radius 3 is 2.74 bits per heavy atom. The maximum Gasteiger partial charge on any atom is 0.307 e. The van der Waals surface area contributed by atoms with Crippen LogP contribution in [0.5, 0.6) is 11.5 Å². The topological polar surface area (TPSA) is 93.1 Å². The molecule has 1 fully saturated rings. The number of carboxylic acids is 1. The summed E-state index contributed by atoms with van der Waals surface area (Å²) in [5.74, 6) is -1.04. The molecule has 0 bridgehead atoms. The molecule has 1 aromatic carbocycles. The number of nitrogens with zero attached hydrogens (tertiary/aromatic N) is 1. The number of rotatable bonds is 3. The van der Waals surface area contributed by atoms with Crippen molar-refractivity contribution in [1.29, 1.82) is 0 Å². The van der Waals surface area contributed by atoms with Crippen molar-refractivity contribution in [2.24, 2.45) is 5.92 Å². The normalized spacial score (nSPS) is 25.1. The van der Waals surface area contributed by atoms with Crippen molar-refractivity contribution in [2.75, 3.05) is 19.8 Å². The minimum atomic E-state index is -3.85. The van der Waals surface area contributed by atoms with E-state index in [0.717, 1.165) is 0 Å². The van der Waals surface area contributed by atoms with E-state index in [2.05, 4.69) is 0 Å². The van der Waals surface area contributed by atoms with Crippen molar-refractivity contribution >= 4 is 16.0 Å². The van der Waals surface area contributed by atoms with Gasteiger partial charge in [-0.3, -0.25) is 4.79 Å². The van der Waals surface area contributed by atoms with Crippen molar-refractivity contribution in [2.45, 2.75) is 30.7 Å². The molecule has 3 rings (SSSR count). The van der Waals surface area contributed by atoms with Crippen molar-refractivity contribution in [3.8, 4) is 11.5 Å². The highest BCUT2D eigenvalue weighted by Gasteiger charge is 2.39. The standard InChI is InChI=1S/C15H19NO6S/c1-10-5-6-11(15(17)18)9-16(10)23(19,20)13-4-2-3-12-14(13)22-8-7-21-12/h2-4,10-11H,5-9H2,1H3,(H,17,18). The fraction of sp³-hybridized carbons (Fsp3) is 0.533.